The summed E-state index contributed by atoms with van der Waals surface area (Å²) in [6.45, 7) is 1.48. The fourth-order valence-electron chi connectivity index (χ4n) is 2.86. The van der Waals surface area contributed by atoms with Crippen LogP contribution in [0.3, 0.4) is 0 Å². The van der Waals surface area contributed by atoms with Gasteiger partial charge in [-0.05, 0) is 30.2 Å². The van der Waals surface area contributed by atoms with Crippen LogP contribution >= 0.6 is 0 Å². The summed E-state index contributed by atoms with van der Waals surface area (Å²) in [7, 11) is 1.53. The first kappa shape index (κ1) is 19.7. The fourth-order valence-corrected chi connectivity index (χ4v) is 2.86. The largest absolute Gasteiger partial charge is 0.497 e. The SMILES string of the molecule is COc1cc(C)cc(C(C[N+](=O)[O-])n2cc(NC(=O)c3nccnc3N)cn2)c1. The molecule has 11 nitrogen and oxygen atoms in total. The van der Waals surface area contributed by atoms with Crippen LogP contribution in [0.1, 0.15) is 27.7 Å². The Hall–Kier alpha value is -4.02. The van der Waals surface area contributed by atoms with Gasteiger partial charge >= 0.3 is 0 Å². The highest BCUT2D eigenvalue weighted by molar-refractivity contribution is 6.05. The number of aromatic nitrogens is 4. The number of carbonyl (C=O) groups is 1. The Kier molecular flexibility index (Phi) is 5.67. The van der Waals surface area contributed by atoms with Gasteiger partial charge in [-0.2, -0.15) is 5.10 Å². The van der Waals surface area contributed by atoms with Gasteiger partial charge in [0.2, 0.25) is 6.54 Å². The minimum Gasteiger partial charge on any atom is -0.497 e. The molecule has 150 valence electrons. The summed E-state index contributed by atoms with van der Waals surface area (Å²) in [5, 5.41) is 18.0. The minimum absolute atomic E-state index is 0.00419. The number of benzene rings is 1. The Labute approximate surface area is 165 Å². The molecule has 1 unspecified atom stereocenters. The van der Waals surface area contributed by atoms with Crippen LogP contribution in [0.25, 0.3) is 0 Å². The lowest BCUT2D eigenvalue weighted by Gasteiger charge is -2.16. The molecule has 0 radical (unpaired) electrons. The Bertz CT molecular complexity index is 1050. The maximum Gasteiger partial charge on any atom is 0.278 e. The van der Waals surface area contributed by atoms with Gasteiger partial charge in [0, 0.05) is 23.5 Å². The van der Waals surface area contributed by atoms with E-state index in [1.807, 2.05) is 19.1 Å². The molecular weight excluding hydrogens is 378 g/mol. The third kappa shape index (κ3) is 4.64. The molecule has 11 heteroatoms. The predicted molar refractivity (Wildman–Crippen MR) is 104 cm³/mol. The maximum absolute atomic E-state index is 12.3. The molecule has 0 saturated carbocycles. The molecule has 0 spiro atoms. The summed E-state index contributed by atoms with van der Waals surface area (Å²) in [5.41, 5.74) is 7.54. The van der Waals surface area contributed by atoms with Crippen molar-refractivity contribution < 1.29 is 14.5 Å². The van der Waals surface area contributed by atoms with Crippen LogP contribution in [0.4, 0.5) is 11.5 Å². The fraction of sp³-hybridized carbons (Fsp3) is 0.222. The van der Waals surface area contributed by atoms with Gasteiger partial charge in [0.1, 0.15) is 11.8 Å². The molecule has 0 fully saturated rings. The van der Waals surface area contributed by atoms with Crippen LogP contribution < -0.4 is 15.8 Å². The van der Waals surface area contributed by atoms with Crippen molar-refractivity contribution in [3.8, 4) is 5.75 Å². The van der Waals surface area contributed by atoms with Gasteiger partial charge in [-0.1, -0.05) is 6.07 Å². The van der Waals surface area contributed by atoms with Crippen molar-refractivity contribution in [3.63, 3.8) is 0 Å². The van der Waals surface area contributed by atoms with Crippen molar-refractivity contribution in [2.75, 3.05) is 24.7 Å². The van der Waals surface area contributed by atoms with E-state index in [1.54, 1.807) is 6.07 Å². The standard InChI is InChI=1S/C18H19N7O4/c1-11-5-12(7-14(6-11)29-2)15(10-25(27)28)24-9-13(8-22-24)23-18(26)16-17(19)21-4-3-20-16/h3-9,15H,10H2,1-2H3,(H2,19,21)(H,23,26). The highest BCUT2D eigenvalue weighted by atomic mass is 16.6. The van der Waals surface area contributed by atoms with E-state index in [2.05, 4.69) is 20.4 Å². The molecule has 0 aliphatic rings. The minimum atomic E-state index is -0.689. The molecule has 0 saturated heterocycles. The average Bonchev–Trinajstić information content (AvgIpc) is 3.13. The van der Waals surface area contributed by atoms with Gasteiger partial charge in [-0.15, -0.1) is 0 Å². The molecule has 0 bridgehead atoms. The maximum atomic E-state index is 12.3. The Morgan fingerprint density at radius 3 is 2.79 bits per heavy atom. The van der Waals surface area contributed by atoms with E-state index < -0.39 is 23.4 Å². The Morgan fingerprint density at radius 1 is 1.34 bits per heavy atom. The normalized spacial score (nSPS) is 11.7. The van der Waals surface area contributed by atoms with Crippen molar-refractivity contribution in [1.82, 2.24) is 19.7 Å². The first-order valence-electron chi connectivity index (χ1n) is 8.56. The summed E-state index contributed by atoms with van der Waals surface area (Å²) >= 11 is 0. The Balaban J connectivity index is 1.88. The number of nitrogens with two attached hydrogens (primary N) is 1. The molecule has 3 rings (SSSR count). The lowest BCUT2D eigenvalue weighted by molar-refractivity contribution is -0.484. The summed E-state index contributed by atoms with van der Waals surface area (Å²) in [5.74, 6) is 0.0286. The number of nitrogens with one attached hydrogen (secondary N) is 1. The topological polar surface area (TPSA) is 151 Å². The monoisotopic (exact) mass is 397 g/mol. The lowest BCUT2D eigenvalue weighted by atomic mass is 10.0. The number of rotatable bonds is 7. The zero-order chi connectivity index (χ0) is 21.0. The molecular formula is C18H19N7O4. The van der Waals surface area contributed by atoms with Crippen LogP contribution in [-0.4, -0.2) is 44.2 Å². The first-order chi connectivity index (χ1) is 13.9. The number of methoxy groups -OCH3 is 1. The number of nitrogens with zero attached hydrogens (tertiary/aromatic N) is 5. The van der Waals surface area contributed by atoms with Crippen molar-refractivity contribution in [2.45, 2.75) is 13.0 Å². The molecule has 1 atom stereocenters. The van der Waals surface area contributed by atoms with Crippen LogP contribution in [-0.2, 0) is 0 Å². The van der Waals surface area contributed by atoms with Crippen molar-refractivity contribution in [3.05, 3.63) is 69.9 Å². The zero-order valence-corrected chi connectivity index (χ0v) is 15.8. The van der Waals surface area contributed by atoms with Gasteiger partial charge in [0.05, 0.1) is 19.0 Å². The van der Waals surface area contributed by atoms with Gasteiger partial charge in [0.25, 0.3) is 5.91 Å². The lowest BCUT2D eigenvalue weighted by Crippen LogP contribution is -2.21. The van der Waals surface area contributed by atoms with Gasteiger partial charge < -0.3 is 15.8 Å². The predicted octanol–water partition coefficient (Wildman–Crippen LogP) is 1.69. The molecule has 3 N–H and O–H groups in total. The molecule has 3 aromatic rings. The second-order valence-electron chi connectivity index (χ2n) is 6.27. The van der Waals surface area contributed by atoms with Crippen LogP contribution in [0.5, 0.6) is 5.75 Å². The summed E-state index contributed by atoms with van der Waals surface area (Å²) in [4.78, 5) is 30.9. The number of anilines is 2. The summed E-state index contributed by atoms with van der Waals surface area (Å²) in [6, 6.07) is 4.69. The van der Waals surface area contributed by atoms with E-state index in [4.69, 9.17) is 10.5 Å². The van der Waals surface area contributed by atoms with E-state index in [0.29, 0.717) is 17.0 Å². The van der Waals surface area contributed by atoms with Crippen molar-refractivity contribution >= 4 is 17.4 Å². The van der Waals surface area contributed by atoms with E-state index in [0.717, 1.165) is 5.56 Å². The number of hydrogen-bond acceptors (Lipinski definition) is 8. The number of ether oxygens (including phenoxy) is 1. The zero-order valence-electron chi connectivity index (χ0n) is 15.8. The average molecular weight is 397 g/mol. The smallest absolute Gasteiger partial charge is 0.278 e. The number of nitro groups is 1. The van der Waals surface area contributed by atoms with E-state index in [1.165, 1.54) is 36.6 Å². The molecule has 0 aliphatic carbocycles. The third-order valence-corrected chi connectivity index (χ3v) is 4.14. The van der Waals surface area contributed by atoms with Crippen LogP contribution in [0.15, 0.2) is 43.0 Å². The third-order valence-electron chi connectivity index (χ3n) is 4.14. The van der Waals surface area contributed by atoms with Crippen LogP contribution in [0, 0.1) is 17.0 Å². The van der Waals surface area contributed by atoms with E-state index in [-0.39, 0.29) is 11.5 Å². The molecule has 2 heterocycles. The molecule has 0 aliphatic heterocycles. The molecule has 1 amide bonds. The van der Waals surface area contributed by atoms with Gasteiger partial charge in [-0.3, -0.25) is 19.6 Å². The van der Waals surface area contributed by atoms with Gasteiger partial charge in [0.15, 0.2) is 11.5 Å². The van der Waals surface area contributed by atoms with Crippen molar-refractivity contribution in [2.24, 2.45) is 0 Å². The number of aryl methyl sites for hydroxylation is 1. The van der Waals surface area contributed by atoms with Crippen LogP contribution in [0.2, 0.25) is 0 Å². The quantitative estimate of drug-likeness (QED) is 0.451. The highest BCUT2D eigenvalue weighted by Gasteiger charge is 2.23. The van der Waals surface area contributed by atoms with E-state index >= 15 is 0 Å². The number of nitrogen functional groups attached to an aromatic ring is 1. The molecule has 2 aromatic heterocycles. The second-order valence-corrected chi connectivity index (χ2v) is 6.27. The summed E-state index contributed by atoms with van der Waals surface area (Å²) in [6.07, 6.45) is 5.63. The molecule has 1 aromatic carbocycles. The number of hydrogen-bond donors (Lipinski definition) is 2. The van der Waals surface area contributed by atoms with E-state index in [9.17, 15) is 14.9 Å². The number of carbonyl (C=O) groups excluding carboxylic acids is 1. The first-order valence-corrected chi connectivity index (χ1v) is 8.56. The van der Waals surface area contributed by atoms with Gasteiger partial charge in [-0.25, -0.2) is 9.97 Å². The Morgan fingerprint density at radius 2 is 2.10 bits per heavy atom. The molecule has 29 heavy (non-hydrogen) atoms. The summed E-state index contributed by atoms with van der Waals surface area (Å²) < 4.78 is 6.69. The second kappa shape index (κ2) is 8.33. The van der Waals surface area contributed by atoms with Crippen molar-refractivity contribution in [1.29, 1.82) is 0 Å². The highest BCUT2D eigenvalue weighted by Crippen LogP contribution is 2.25. The number of amides is 1.